The first kappa shape index (κ1) is 14.1. The summed E-state index contributed by atoms with van der Waals surface area (Å²) < 4.78 is 4.96. The van der Waals surface area contributed by atoms with Crippen molar-refractivity contribution in [2.45, 2.75) is 29.4 Å². The van der Waals surface area contributed by atoms with Gasteiger partial charge >= 0.3 is 99.6 Å². The topological polar surface area (TPSA) is 90.2 Å². The SMILES string of the molecule is OCC1OC([Se])C(O)C(O)C1O.[Au+]. The molecule has 7 heteroatoms. The fourth-order valence-corrected chi connectivity index (χ4v) is 1.70. The van der Waals surface area contributed by atoms with Crippen LogP contribution in [-0.4, -0.2) is 72.5 Å². The van der Waals surface area contributed by atoms with Crippen molar-refractivity contribution in [2.24, 2.45) is 0 Å². The van der Waals surface area contributed by atoms with Gasteiger partial charge < -0.3 is 0 Å². The van der Waals surface area contributed by atoms with Crippen LogP contribution in [0.4, 0.5) is 0 Å². The zero-order valence-corrected chi connectivity index (χ0v) is 10.4. The van der Waals surface area contributed by atoms with Crippen molar-refractivity contribution in [1.29, 1.82) is 0 Å². The maximum Gasteiger partial charge on any atom is 1.00 e. The van der Waals surface area contributed by atoms with Gasteiger partial charge in [-0.05, 0) is 0 Å². The van der Waals surface area contributed by atoms with Crippen molar-refractivity contribution < 1.29 is 47.5 Å². The van der Waals surface area contributed by atoms with E-state index in [-0.39, 0.29) is 29.0 Å². The second-order valence-corrected chi connectivity index (χ2v) is 3.67. The van der Waals surface area contributed by atoms with E-state index in [1.54, 1.807) is 0 Å². The van der Waals surface area contributed by atoms with Crippen molar-refractivity contribution in [1.82, 2.24) is 0 Å². The number of aliphatic hydroxyl groups excluding tert-OH is 4. The molecule has 5 unspecified atom stereocenters. The Balaban J connectivity index is 0.00000144. The number of aliphatic hydroxyl groups is 4. The summed E-state index contributed by atoms with van der Waals surface area (Å²) in [7, 11) is 0. The van der Waals surface area contributed by atoms with Crippen LogP contribution in [0.25, 0.3) is 0 Å². The average Bonchev–Trinajstić information content (AvgIpc) is 2.08. The Hall–Kier alpha value is 1.06. The molecule has 5 nitrogen and oxygen atoms in total. The molecule has 5 atom stereocenters. The maximum absolute atomic E-state index is 9.22. The molecule has 1 saturated heterocycles. The number of hydrogen-bond donors (Lipinski definition) is 4. The second kappa shape index (κ2) is 5.82. The molecule has 0 aromatic rings. The van der Waals surface area contributed by atoms with Gasteiger partial charge in [-0.1, -0.05) is 0 Å². The third-order valence-corrected chi connectivity index (χ3v) is 2.67. The average molecular weight is 439 g/mol. The molecule has 1 aliphatic rings. The van der Waals surface area contributed by atoms with Crippen LogP contribution in [0.2, 0.25) is 0 Å². The minimum Gasteiger partial charge on any atom is 1.00 e. The zero-order chi connectivity index (χ0) is 9.30. The van der Waals surface area contributed by atoms with Crippen LogP contribution < -0.4 is 0 Å². The van der Waals surface area contributed by atoms with Gasteiger partial charge in [0.25, 0.3) is 0 Å². The standard InChI is InChI=1S/C6H11O5Se.Au/c7-1-2-3(8)4(9)5(10)6(12)11-2;/h2-10H,1H2;/q;+1. The van der Waals surface area contributed by atoms with Gasteiger partial charge in [0.05, 0.1) is 0 Å². The Kier molecular flexibility index (Phi) is 6.30. The van der Waals surface area contributed by atoms with Crippen molar-refractivity contribution in [3.63, 3.8) is 0 Å². The minimum atomic E-state index is -1.28. The Bertz CT molecular complexity index is 155. The normalized spacial score (nSPS) is 45.5. The monoisotopic (exact) mass is 440 g/mol. The predicted octanol–water partition coefficient (Wildman–Crippen LogP) is -3.05. The van der Waals surface area contributed by atoms with E-state index < -0.39 is 29.4 Å². The Morgan fingerprint density at radius 3 is 2.08 bits per heavy atom. The predicted molar refractivity (Wildman–Crippen MR) is 39.5 cm³/mol. The molecule has 1 heterocycles. The van der Waals surface area contributed by atoms with E-state index in [0.717, 1.165) is 0 Å². The fourth-order valence-electron chi connectivity index (χ4n) is 1.07. The van der Waals surface area contributed by atoms with Gasteiger partial charge in [-0.25, -0.2) is 0 Å². The molecule has 1 fully saturated rings. The van der Waals surface area contributed by atoms with E-state index >= 15 is 0 Å². The van der Waals surface area contributed by atoms with E-state index in [9.17, 15) is 15.3 Å². The van der Waals surface area contributed by atoms with Gasteiger partial charge in [0.15, 0.2) is 0 Å². The molecule has 13 heavy (non-hydrogen) atoms. The molecule has 1 rings (SSSR count). The Morgan fingerprint density at radius 1 is 1.08 bits per heavy atom. The molecule has 81 valence electrons. The van der Waals surface area contributed by atoms with Gasteiger partial charge in [0, 0.05) is 0 Å². The molecule has 1 radical (unpaired) electrons. The van der Waals surface area contributed by atoms with E-state index in [4.69, 9.17) is 9.84 Å². The Labute approximate surface area is 99.4 Å². The van der Waals surface area contributed by atoms with Crippen molar-refractivity contribution in [2.75, 3.05) is 6.61 Å². The molecule has 0 bridgehead atoms. The van der Waals surface area contributed by atoms with Crippen molar-refractivity contribution >= 4 is 16.0 Å². The smallest absolute Gasteiger partial charge is 1.00 e. The quantitative estimate of drug-likeness (QED) is 0.327. The molecule has 0 saturated carbocycles. The van der Waals surface area contributed by atoms with Gasteiger partial charge in [-0.15, -0.1) is 0 Å². The first-order valence-corrected chi connectivity index (χ1v) is 4.53. The number of hydrogen-bond acceptors (Lipinski definition) is 5. The molecule has 0 spiro atoms. The van der Waals surface area contributed by atoms with E-state index in [1.165, 1.54) is 0 Å². The summed E-state index contributed by atoms with van der Waals surface area (Å²) in [6.07, 6.45) is -4.51. The molecule has 4 N–H and O–H groups in total. The molecule has 0 amide bonds. The van der Waals surface area contributed by atoms with Crippen molar-refractivity contribution in [3.05, 3.63) is 0 Å². The maximum atomic E-state index is 9.22. The van der Waals surface area contributed by atoms with Gasteiger partial charge in [-0.3, -0.25) is 0 Å². The van der Waals surface area contributed by atoms with E-state index in [2.05, 4.69) is 16.0 Å². The first-order chi connectivity index (χ1) is 5.57. The number of ether oxygens (including phenoxy) is 1. The van der Waals surface area contributed by atoms with Crippen LogP contribution >= 0.6 is 0 Å². The molecule has 0 aromatic heterocycles. The fraction of sp³-hybridized carbons (Fsp3) is 1.00. The third-order valence-electron chi connectivity index (χ3n) is 1.85. The summed E-state index contributed by atoms with van der Waals surface area (Å²) in [6, 6.07) is 0. The summed E-state index contributed by atoms with van der Waals surface area (Å²) in [5.74, 6) is 0. The van der Waals surface area contributed by atoms with E-state index in [0.29, 0.717) is 0 Å². The summed E-state index contributed by atoms with van der Waals surface area (Å²) in [5.41, 5.74) is 0. The van der Waals surface area contributed by atoms with Gasteiger partial charge in [0.1, 0.15) is 0 Å². The van der Waals surface area contributed by atoms with Crippen LogP contribution in [0.15, 0.2) is 0 Å². The summed E-state index contributed by atoms with van der Waals surface area (Å²) >= 11 is 2.49. The molecular formula is C6H11AuO5Se+. The van der Waals surface area contributed by atoms with Gasteiger partial charge in [-0.2, -0.15) is 0 Å². The van der Waals surface area contributed by atoms with E-state index in [1.807, 2.05) is 0 Å². The minimum absolute atomic E-state index is 0. The molecular weight excluding hydrogens is 428 g/mol. The zero-order valence-electron chi connectivity index (χ0n) is 6.50. The molecule has 1 aliphatic heterocycles. The molecule has 0 aromatic carbocycles. The van der Waals surface area contributed by atoms with Crippen LogP contribution in [0.5, 0.6) is 0 Å². The summed E-state index contributed by atoms with van der Waals surface area (Å²) in [5, 5.41) is 35.6. The van der Waals surface area contributed by atoms with Crippen LogP contribution in [0.3, 0.4) is 0 Å². The van der Waals surface area contributed by atoms with Gasteiger partial charge in [0.2, 0.25) is 0 Å². The van der Waals surface area contributed by atoms with Crippen LogP contribution in [0, 0.1) is 0 Å². The van der Waals surface area contributed by atoms with Crippen LogP contribution in [0.1, 0.15) is 0 Å². The summed E-state index contributed by atoms with van der Waals surface area (Å²) in [6.45, 7) is -0.386. The first-order valence-electron chi connectivity index (χ1n) is 3.54. The Morgan fingerprint density at radius 2 is 1.62 bits per heavy atom. The largest absolute Gasteiger partial charge is 1.00 e. The van der Waals surface area contributed by atoms with Crippen molar-refractivity contribution in [3.8, 4) is 0 Å². The number of rotatable bonds is 1. The van der Waals surface area contributed by atoms with Crippen LogP contribution in [-0.2, 0) is 27.1 Å². The third kappa shape index (κ3) is 3.00. The second-order valence-electron chi connectivity index (χ2n) is 2.70. The summed E-state index contributed by atoms with van der Waals surface area (Å²) in [4.78, 5) is 0. The molecule has 0 aliphatic carbocycles.